The Bertz CT molecular complexity index is 2480. The van der Waals surface area contributed by atoms with Crippen LogP contribution in [0.5, 0.6) is 0 Å². The Kier molecular flexibility index (Phi) is 37.6. The van der Waals surface area contributed by atoms with Crippen LogP contribution < -0.4 is 0 Å². The summed E-state index contributed by atoms with van der Waals surface area (Å²) < 4.78 is 9.42. The van der Waals surface area contributed by atoms with E-state index in [1.54, 1.807) is 56.0 Å². The number of nitrogens with zero attached hydrogens (tertiary/aromatic N) is 8. The van der Waals surface area contributed by atoms with Crippen LogP contribution in [-0.2, 0) is 88.4 Å². The molecule has 0 unspecified atom stereocenters. The molecule has 464 valence electrons. The Morgan fingerprint density at radius 3 is 0.857 bits per heavy atom. The van der Waals surface area contributed by atoms with E-state index in [9.17, 15) is 93.6 Å². The summed E-state index contributed by atoms with van der Waals surface area (Å²) in [5.41, 5.74) is 1.98. The van der Waals surface area contributed by atoms with Crippen molar-refractivity contribution >= 4 is 66.7 Å². The van der Waals surface area contributed by atoms with Crippen molar-refractivity contribution in [3.8, 4) is 0 Å². The predicted octanol–water partition coefficient (Wildman–Crippen LogP) is 0.242. The predicted molar refractivity (Wildman–Crippen MR) is 281 cm³/mol. The number of ether oxygens (including phenoxy) is 2. The van der Waals surface area contributed by atoms with Gasteiger partial charge < -0.3 is 55.4 Å². The normalized spacial score (nSPS) is 17.3. The molecular weight excluding hydrogens is 1400 g/mol. The number of rotatable bonds is 31. The summed E-state index contributed by atoms with van der Waals surface area (Å²) in [7, 11) is 0. The summed E-state index contributed by atoms with van der Waals surface area (Å²) in [6.07, 6.45) is -1.01. The zero-order valence-corrected chi connectivity index (χ0v) is 50.7. The molecular formula is C52H74Gd2N8O22+6. The largest absolute Gasteiger partial charge is 3.00 e. The molecule has 2 aromatic rings. The number of carbonyl (C=O) groups is 11. The molecule has 0 aliphatic carbocycles. The zero-order chi connectivity index (χ0) is 60.9. The number of carboxylic acid groups (broad SMARTS) is 9. The number of carboxylic acids is 9. The quantitative estimate of drug-likeness (QED) is 0.0361. The van der Waals surface area contributed by atoms with Crippen molar-refractivity contribution in [1.82, 2.24) is 39.4 Å². The van der Waals surface area contributed by atoms with Gasteiger partial charge in [-0.2, -0.15) is 0 Å². The fourth-order valence-electron chi connectivity index (χ4n) is 9.78. The van der Waals surface area contributed by atoms with Gasteiger partial charge >= 0.3 is 134 Å². The minimum atomic E-state index is -1.30. The van der Waals surface area contributed by atoms with E-state index in [0.717, 1.165) is 0 Å². The molecule has 0 spiro atoms. The topological polar surface area (TPSA) is 434 Å². The second kappa shape index (κ2) is 41.1. The minimum absolute atomic E-state index is 0. The molecule has 0 aromatic carbocycles. The molecule has 2 radical (unpaired) electrons. The standard InChI is InChI=1S/C26H36N4O12.C26H38N4O10.2Gd/c31-16-42-13-8-21(26(40)41)30-12-10-28(19(24(36)37)4-6-22(32)33)9-11-29(20(25(38)39)5-7-23(34)35)14-17-2-1-3-18(15-30)27-17;1-2-4-20(24(34)35)29-12-10-28(21(25(36)37)7-8-23(32)33)11-13-30(22(26(38)39)9-14-40-17-31)16-19-6-3-5-18(15-29)27-19;;/h1-3,16,19-21H,4-15H2,(H,32,33)(H,34,35)(H,36,37)(H,38,39)(H,40,41);3,5-6,17,20-22H,2,4,7-16H2,1H3,(H,32,33)(H,34,35)(H,36,37)(H,38,39);;/q;;2*+3/t19-,20-,21-;20-,21-,22-;;/m01../s1. The Morgan fingerprint density at radius 2 is 0.631 bits per heavy atom. The first kappa shape index (κ1) is 76.9. The second-order valence-corrected chi connectivity index (χ2v) is 19.4. The molecule has 4 rings (SSSR count). The van der Waals surface area contributed by atoms with Gasteiger partial charge in [-0.1, -0.05) is 25.5 Å². The van der Waals surface area contributed by atoms with E-state index < -0.39 is 103 Å². The Labute approximate surface area is 547 Å². The first-order valence-corrected chi connectivity index (χ1v) is 26.5. The van der Waals surface area contributed by atoms with Crippen LogP contribution in [0.15, 0.2) is 36.4 Å². The molecule has 32 heteroatoms. The molecule has 6 atom stereocenters. The van der Waals surface area contributed by atoms with Crippen LogP contribution in [0.3, 0.4) is 0 Å². The maximum Gasteiger partial charge on any atom is 3.00 e. The van der Waals surface area contributed by atoms with Crippen molar-refractivity contribution in [2.24, 2.45) is 0 Å². The Balaban J connectivity index is 0.000000821. The first-order chi connectivity index (χ1) is 39.0. The van der Waals surface area contributed by atoms with Crippen molar-refractivity contribution in [2.45, 2.75) is 134 Å². The molecule has 30 nitrogen and oxygen atoms in total. The van der Waals surface area contributed by atoms with Crippen molar-refractivity contribution in [2.75, 3.05) is 65.6 Å². The molecule has 9 N–H and O–H groups in total. The third-order valence-electron chi connectivity index (χ3n) is 13.9. The molecule has 0 saturated carbocycles. The van der Waals surface area contributed by atoms with Gasteiger partial charge in [0.25, 0.3) is 12.9 Å². The maximum absolute atomic E-state index is 12.2. The smallest absolute Gasteiger partial charge is 0.481 e. The van der Waals surface area contributed by atoms with Crippen LogP contribution in [0.4, 0.5) is 0 Å². The average Bonchev–Trinajstić information content (AvgIpc) is 3.61. The van der Waals surface area contributed by atoms with Gasteiger partial charge in [0.2, 0.25) is 0 Å². The number of hydrogen-bond acceptors (Lipinski definition) is 21. The van der Waals surface area contributed by atoms with Gasteiger partial charge in [-0.15, -0.1) is 0 Å². The van der Waals surface area contributed by atoms with Crippen LogP contribution in [0.1, 0.15) is 93.9 Å². The molecule has 84 heavy (non-hydrogen) atoms. The summed E-state index contributed by atoms with van der Waals surface area (Å²) in [4.78, 5) is 147. The third kappa shape index (κ3) is 27.5. The minimum Gasteiger partial charge on any atom is -0.481 e. The van der Waals surface area contributed by atoms with Crippen molar-refractivity contribution in [3.63, 3.8) is 0 Å². The fraction of sp³-hybridized carbons (Fsp3) is 0.596. The van der Waals surface area contributed by atoms with E-state index in [4.69, 9.17) is 14.6 Å². The second-order valence-electron chi connectivity index (χ2n) is 19.4. The van der Waals surface area contributed by atoms with Gasteiger partial charge in [0.15, 0.2) is 0 Å². The van der Waals surface area contributed by atoms with Crippen molar-refractivity contribution in [1.29, 1.82) is 0 Å². The first-order valence-electron chi connectivity index (χ1n) is 26.5. The summed E-state index contributed by atoms with van der Waals surface area (Å²) >= 11 is 0. The zero-order valence-electron chi connectivity index (χ0n) is 46.2. The number of carbonyl (C=O) groups excluding carboxylic acids is 2. The van der Waals surface area contributed by atoms with E-state index in [1.807, 2.05) is 6.92 Å². The number of hydrogen-bond donors (Lipinski definition) is 9. The number of fused-ring (bicyclic) bond motifs is 4. The van der Waals surface area contributed by atoms with Gasteiger partial charge in [-0.05, 0) is 49.9 Å². The van der Waals surface area contributed by atoms with Gasteiger partial charge in [0, 0.05) is 111 Å². The van der Waals surface area contributed by atoms with Crippen LogP contribution >= 0.6 is 0 Å². The molecule has 2 aromatic heterocycles. The number of aliphatic carboxylic acids is 9. The van der Waals surface area contributed by atoms with E-state index in [0.29, 0.717) is 35.6 Å². The van der Waals surface area contributed by atoms with Gasteiger partial charge in [-0.3, -0.25) is 92.1 Å². The van der Waals surface area contributed by atoms with E-state index >= 15 is 0 Å². The molecule has 2 aliphatic heterocycles. The third-order valence-corrected chi connectivity index (χ3v) is 13.9. The van der Waals surface area contributed by atoms with Crippen molar-refractivity contribution < 1.29 is 188 Å². The van der Waals surface area contributed by atoms with Crippen LogP contribution in [0.2, 0.25) is 0 Å². The monoisotopic (exact) mass is 1480 g/mol. The molecule has 0 saturated heterocycles. The Hall–Kier alpha value is -5.12. The molecule has 4 bridgehead atoms. The average molecular weight is 1480 g/mol. The van der Waals surface area contributed by atoms with Gasteiger partial charge in [0.05, 0.1) is 36.0 Å². The summed E-state index contributed by atoms with van der Waals surface area (Å²) in [6.45, 7) is 2.53. The summed E-state index contributed by atoms with van der Waals surface area (Å²) in [5, 5.41) is 87.2. The van der Waals surface area contributed by atoms with Crippen LogP contribution in [0.25, 0.3) is 0 Å². The van der Waals surface area contributed by atoms with E-state index in [1.165, 1.54) is 9.80 Å². The molecule has 2 aliphatic rings. The SMILES string of the molecule is CCC[C@H](C(=O)O)N1CCN([C@H](CCC(=O)O)C(=O)O)CCN([C@H](CCOC=O)C(=O)O)Cc2cccc(n2)C1.O=COCC[C@@H](C(=O)O)N1CCN([C@@H](CCC(=O)O)C(=O)O)CCN([C@@H](CCC(=O)O)C(=O)O)Cc2cccc(n2)C1.[Gd+3].[Gd+3]. The Morgan fingerprint density at radius 1 is 0.405 bits per heavy atom. The summed E-state index contributed by atoms with van der Waals surface area (Å²) in [6, 6.07) is 3.45. The number of pyridine rings is 2. The van der Waals surface area contributed by atoms with Crippen molar-refractivity contribution in [3.05, 3.63) is 59.2 Å². The van der Waals surface area contributed by atoms with Gasteiger partial charge in [-0.25, -0.2) is 0 Å². The molecule has 0 amide bonds. The van der Waals surface area contributed by atoms with Crippen LogP contribution in [0, 0.1) is 79.9 Å². The van der Waals surface area contributed by atoms with Gasteiger partial charge in [0.1, 0.15) is 36.3 Å². The van der Waals surface area contributed by atoms with Crippen LogP contribution in [-0.4, -0.2) is 254 Å². The fourth-order valence-corrected chi connectivity index (χ4v) is 9.78. The molecule has 0 fully saturated rings. The number of aromatic nitrogens is 2. The van der Waals surface area contributed by atoms with E-state index in [-0.39, 0.29) is 223 Å². The van der Waals surface area contributed by atoms with E-state index in [2.05, 4.69) is 9.97 Å². The summed E-state index contributed by atoms with van der Waals surface area (Å²) in [5.74, 6) is -10.7. The molecule has 4 heterocycles. The maximum atomic E-state index is 12.2.